The Balaban J connectivity index is 2.09. The minimum absolute atomic E-state index is 0.399. The summed E-state index contributed by atoms with van der Waals surface area (Å²) in [6, 6.07) is 8.64. The number of nitrogens with zero attached hydrogens (tertiary/aromatic N) is 1. The maximum atomic E-state index is 11.5. The van der Waals surface area contributed by atoms with Crippen molar-refractivity contribution in [1.29, 1.82) is 0 Å². The van der Waals surface area contributed by atoms with Gasteiger partial charge in [0.15, 0.2) is 0 Å². The fourth-order valence-electron chi connectivity index (χ4n) is 1.79. The second-order valence-corrected chi connectivity index (χ2v) is 4.36. The van der Waals surface area contributed by atoms with Crippen molar-refractivity contribution in [3.05, 3.63) is 47.7 Å². The number of anilines is 2. The third kappa shape index (κ3) is 3.62. The van der Waals surface area contributed by atoms with Gasteiger partial charge in [0.2, 0.25) is 5.88 Å². The molecule has 1 aromatic heterocycles. The van der Waals surface area contributed by atoms with Crippen LogP contribution in [0.3, 0.4) is 0 Å². The summed E-state index contributed by atoms with van der Waals surface area (Å²) in [6.45, 7) is 0.534. The monoisotopic (exact) mass is 287 g/mol. The first-order chi connectivity index (χ1) is 10.1. The summed E-state index contributed by atoms with van der Waals surface area (Å²) in [5.74, 6) is 0.162. The van der Waals surface area contributed by atoms with Crippen molar-refractivity contribution < 1.29 is 14.3 Å². The fraction of sp³-hybridized carbons (Fsp3) is 0.200. The van der Waals surface area contributed by atoms with E-state index in [9.17, 15) is 4.79 Å². The number of methoxy groups -OCH3 is 2. The molecule has 0 unspecified atom stereocenters. The highest BCUT2D eigenvalue weighted by atomic mass is 16.5. The van der Waals surface area contributed by atoms with Gasteiger partial charge in [-0.25, -0.2) is 9.78 Å². The minimum Gasteiger partial charge on any atom is -0.481 e. The highest BCUT2D eigenvalue weighted by molar-refractivity contribution is 5.91. The van der Waals surface area contributed by atoms with Gasteiger partial charge in [0, 0.05) is 18.8 Å². The molecule has 0 aliphatic rings. The lowest BCUT2D eigenvalue weighted by molar-refractivity contribution is 0.0601. The summed E-state index contributed by atoms with van der Waals surface area (Å²) in [6.07, 6.45) is 1.71. The van der Waals surface area contributed by atoms with Crippen LogP contribution in [0.1, 0.15) is 15.9 Å². The Labute approximate surface area is 122 Å². The Morgan fingerprint density at radius 1 is 1.29 bits per heavy atom. The summed E-state index contributed by atoms with van der Waals surface area (Å²) in [5.41, 5.74) is 8.54. The Hall–Kier alpha value is -2.76. The number of hydrogen-bond donors (Lipinski definition) is 2. The molecule has 0 aliphatic heterocycles. The number of nitrogens with two attached hydrogens (primary N) is 1. The van der Waals surface area contributed by atoms with Gasteiger partial charge < -0.3 is 20.5 Å². The zero-order chi connectivity index (χ0) is 15.2. The van der Waals surface area contributed by atoms with E-state index < -0.39 is 5.97 Å². The van der Waals surface area contributed by atoms with Crippen molar-refractivity contribution in [1.82, 2.24) is 4.98 Å². The molecule has 0 saturated carbocycles. The molecule has 2 aromatic rings. The minimum atomic E-state index is -0.399. The number of carbonyl (C=O) groups is 1. The Morgan fingerprint density at radius 3 is 2.71 bits per heavy atom. The number of esters is 1. The van der Waals surface area contributed by atoms with Gasteiger partial charge in [-0.15, -0.1) is 0 Å². The predicted molar refractivity (Wildman–Crippen MR) is 80.3 cm³/mol. The van der Waals surface area contributed by atoms with Crippen LogP contribution >= 0.6 is 0 Å². The maximum absolute atomic E-state index is 11.5. The molecule has 0 atom stereocenters. The average molecular weight is 287 g/mol. The number of pyridine rings is 1. The van der Waals surface area contributed by atoms with Crippen LogP contribution < -0.4 is 15.8 Å². The van der Waals surface area contributed by atoms with Crippen LogP contribution in [-0.4, -0.2) is 25.2 Å². The Morgan fingerprint density at radius 2 is 2.10 bits per heavy atom. The van der Waals surface area contributed by atoms with E-state index in [1.807, 2.05) is 6.07 Å². The quantitative estimate of drug-likeness (QED) is 0.646. The second kappa shape index (κ2) is 6.60. The lowest BCUT2D eigenvalue weighted by atomic mass is 10.1. The van der Waals surface area contributed by atoms with Crippen molar-refractivity contribution in [2.24, 2.45) is 0 Å². The van der Waals surface area contributed by atoms with Crippen LogP contribution in [0.4, 0.5) is 11.4 Å². The molecule has 0 aliphatic carbocycles. The van der Waals surface area contributed by atoms with Gasteiger partial charge in [0.05, 0.1) is 31.2 Å². The molecule has 2 rings (SSSR count). The van der Waals surface area contributed by atoms with Crippen LogP contribution in [-0.2, 0) is 11.3 Å². The normalized spacial score (nSPS) is 10.0. The molecule has 0 bridgehead atoms. The number of ether oxygens (including phenoxy) is 2. The van der Waals surface area contributed by atoms with E-state index in [0.717, 1.165) is 5.56 Å². The van der Waals surface area contributed by atoms with Crippen LogP contribution in [0, 0.1) is 0 Å². The summed E-state index contributed by atoms with van der Waals surface area (Å²) in [7, 11) is 2.91. The summed E-state index contributed by atoms with van der Waals surface area (Å²) < 4.78 is 9.69. The van der Waals surface area contributed by atoms with Crippen molar-refractivity contribution in [3.63, 3.8) is 0 Å². The van der Waals surface area contributed by atoms with Crippen molar-refractivity contribution in [3.8, 4) is 5.88 Å². The molecule has 110 valence electrons. The molecule has 3 N–H and O–H groups in total. The van der Waals surface area contributed by atoms with Crippen LogP contribution in [0.15, 0.2) is 36.5 Å². The van der Waals surface area contributed by atoms with E-state index in [-0.39, 0.29) is 0 Å². The molecule has 6 nitrogen and oxygen atoms in total. The summed E-state index contributed by atoms with van der Waals surface area (Å²) in [4.78, 5) is 15.6. The Kier molecular flexibility index (Phi) is 4.61. The summed E-state index contributed by atoms with van der Waals surface area (Å²) in [5, 5.41) is 3.17. The SMILES string of the molecule is COC(=O)c1ccc(N)c(NCc2ccc(OC)nc2)c1. The molecular formula is C15H17N3O3. The number of nitrogens with one attached hydrogen (secondary N) is 1. The van der Waals surface area contributed by atoms with E-state index in [0.29, 0.717) is 29.4 Å². The van der Waals surface area contributed by atoms with E-state index in [1.54, 1.807) is 37.6 Å². The number of hydrogen-bond acceptors (Lipinski definition) is 6. The first-order valence-corrected chi connectivity index (χ1v) is 6.34. The molecule has 0 spiro atoms. The van der Waals surface area contributed by atoms with Crippen LogP contribution in [0.5, 0.6) is 5.88 Å². The van der Waals surface area contributed by atoms with Gasteiger partial charge in [-0.05, 0) is 23.8 Å². The Bertz CT molecular complexity index is 627. The predicted octanol–water partition coefficient (Wildman–Crippen LogP) is 2.07. The number of rotatable bonds is 5. The van der Waals surface area contributed by atoms with Gasteiger partial charge in [0.1, 0.15) is 0 Å². The lowest BCUT2D eigenvalue weighted by Gasteiger charge is -2.11. The molecule has 21 heavy (non-hydrogen) atoms. The van der Waals surface area contributed by atoms with Gasteiger partial charge in [-0.1, -0.05) is 6.07 Å². The van der Waals surface area contributed by atoms with Crippen molar-refractivity contribution >= 4 is 17.3 Å². The molecule has 0 fully saturated rings. The second-order valence-electron chi connectivity index (χ2n) is 4.36. The average Bonchev–Trinajstić information content (AvgIpc) is 2.53. The van der Waals surface area contributed by atoms with Crippen molar-refractivity contribution in [2.75, 3.05) is 25.3 Å². The molecule has 0 amide bonds. The standard InChI is InChI=1S/C15H17N3O3/c1-20-14-6-3-10(9-18-14)8-17-13-7-11(15(19)21-2)4-5-12(13)16/h3-7,9,17H,8,16H2,1-2H3. The summed E-state index contributed by atoms with van der Waals surface area (Å²) >= 11 is 0. The third-order valence-corrected chi connectivity index (χ3v) is 2.96. The highest BCUT2D eigenvalue weighted by Crippen LogP contribution is 2.21. The molecule has 1 heterocycles. The van der Waals surface area contributed by atoms with Gasteiger partial charge >= 0.3 is 5.97 Å². The molecule has 0 saturated heterocycles. The number of aromatic nitrogens is 1. The van der Waals surface area contributed by atoms with Gasteiger partial charge in [-0.2, -0.15) is 0 Å². The van der Waals surface area contributed by atoms with E-state index in [4.69, 9.17) is 10.5 Å². The van der Waals surface area contributed by atoms with Crippen molar-refractivity contribution in [2.45, 2.75) is 6.54 Å². The molecular weight excluding hydrogens is 270 g/mol. The number of benzene rings is 1. The zero-order valence-corrected chi connectivity index (χ0v) is 11.9. The highest BCUT2D eigenvalue weighted by Gasteiger charge is 2.08. The molecule has 1 aromatic carbocycles. The van der Waals surface area contributed by atoms with E-state index in [2.05, 4.69) is 15.0 Å². The molecule has 6 heteroatoms. The fourth-order valence-corrected chi connectivity index (χ4v) is 1.79. The first kappa shape index (κ1) is 14.6. The maximum Gasteiger partial charge on any atom is 0.337 e. The number of carbonyl (C=O) groups excluding carboxylic acids is 1. The zero-order valence-electron chi connectivity index (χ0n) is 11.9. The van der Waals surface area contributed by atoms with E-state index in [1.165, 1.54) is 7.11 Å². The molecule has 0 radical (unpaired) electrons. The van der Waals surface area contributed by atoms with E-state index >= 15 is 0 Å². The number of nitrogen functional groups attached to an aromatic ring is 1. The third-order valence-electron chi connectivity index (χ3n) is 2.96. The lowest BCUT2D eigenvalue weighted by Crippen LogP contribution is -2.06. The largest absolute Gasteiger partial charge is 0.481 e. The first-order valence-electron chi connectivity index (χ1n) is 6.34. The smallest absolute Gasteiger partial charge is 0.337 e. The van der Waals surface area contributed by atoms with Crippen LogP contribution in [0.25, 0.3) is 0 Å². The van der Waals surface area contributed by atoms with Gasteiger partial charge in [0.25, 0.3) is 0 Å². The topological polar surface area (TPSA) is 86.5 Å². The van der Waals surface area contributed by atoms with Gasteiger partial charge in [-0.3, -0.25) is 0 Å². The van der Waals surface area contributed by atoms with Crippen LogP contribution in [0.2, 0.25) is 0 Å².